The minimum absolute atomic E-state index is 0.103. The second kappa shape index (κ2) is 5.36. The first-order valence-electron chi connectivity index (χ1n) is 4.32. The molecule has 6 nitrogen and oxygen atoms in total. The molecule has 0 aliphatic heterocycles. The van der Waals surface area contributed by atoms with Crippen molar-refractivity contribution in [1.29, 1.82) is 0 Å². The predicted octanol–water partition coefficient (Wildman–Crippen LogP) is -0.168. The van der Waals surface area contributed by atoms with Crippen molar-refractivity contribution in [2.24, 2.45) is 5.84 Å². The van der Waals surface area contributed by atoms with Crippen LogP contribution in [0.4, 0.5) is 5.95 Å². The quantitative estimate of drug-likeness (QED) is 0.345. The molecule has 1 heterocycles. The molecule has 0 aliphatic rings. The van der Waals surface area contributed by atoms with E-state index in [1.165, 1.54) is 0 Å². The van der Waals surface area contributed by atoms with Crippen LogP contribution in [-0.4, -0.2) is 28.3 Å². The lowest BCUT2D eigenvalue weighted by molar-refractivity contribution is 0.228. The third-order valence-electron chi connectivity index (χ3n) is 1.60. The molecule has 1 aromatic rings. The van der Waals surface area contributed by atoms with Gasteiger partial charge in [-0.15, -0.1) is 0 Å². The molecule has 4 N–H and O–H groups in total. The van der Waals surface area contributed by atoms with Crippen molar-refractivity contribution in [2.75, 3.05) is 18.6 Å². The Morgan fingerprint density at radius 3 is 3.07 bits per heavy atom. The molecule has 0 bridgehead atoms. The van der Waals surface area contributed by atoms with Gasteiger partial charge in [0.2, 0.25) is 11.8 Å². The average Bonchev–Trinajstić information content (AvgIpc) is 2.21. The van der Waals surface area contributed by atoms with Gasteiger partial charge in [-0.1, -0.05) is 0 Å². The molecule has 0 amide bonds. The molecular weight excluding hydrogens is 184 g/mol. The lowest BCUT2D eigenvalue weighted by atomic mass is 10.4. The van der Waals surface area contributed by atoms with Gasteiger partial charge >= 0.3 is 0 Å². The van der Waals surface area contributed by atoms with Crippen molar-refractivity contribution in [1.82, 2.24) is 9.97 Å². The first-order valence-corrected chi connectivity index (χ1v) is 4.32. The highest BCUT2D eigenvalue weighted by atomic mass is 16.5. The molecular formula is C8H14N4O2. The number of hydrazine groups is 1. The number of ether oxygens (including phenoxy) is 1. The van der Waals surface area contributed by atoms with Crippen molar-refractivity contribution in [3.63, 3.8) is 0 Å². The summed E-state index contributed by atoms with van der Waals surface area (Å²) in [5.74, 6) is 5.95. The van der Waals surface area contributed by atoms with Crippen molar-refractivity contribution >= 4 is 5.95 Å². The summed E-state index contributed by atoms with van der Waals surface area (Å²) in [5, 5.41) is 8.57. The van der Waals surface area contributed by atoms with Crippen LogP contribution in [0, 0.1) is 6.92 Å². The lowest BCUT2D eigenvalue weighted by Crippen LogP contribution is -2.12. The Labute approximate surface area is 82.1 Å². The number of aromatic nitrogens is 2. The Kier molecular flexibility index (Phi) is 4.09. The van der Waals surface area contributed by atoms with Gasteiger partial charge < -0.3 is 9.84 Å². The van der Waals surface area contributed by atoms with E-state index < -0.39 is 0 Å². The van der Waals surface area contributed by atoms with Crippen LogP contribution in [0.15, 0.2) is 6.20 Å². The summed E-state index contributed by atoms with van der Waals surface area (Å²) in [6, 6.07) is 0. The zero-order valence-corrected chi connectivity index (χ0v) is 8.03. The maximum absolute atomic E-state index is 8.57. The number of hydrogen-bond acceptors (Lipinski definition) is 6. The number of nitrogens with zero attached hydrogens (tertiary/aromatic N) is 2. The van der Waals surface area contributed by atoms with Crippen LogP contribution in [0.2, 0.25) is 0 Å². The van der Waals surface area contributed by atoms with Gasteiger partial charge in [-0.25, -0.2) is 10.8 Å². The normalized spacial score (nSPS) is 9.93. The lowest BCUT2D eigenvalue weighted by Gasteiger charge is -2.07. The molecule has 0 saturated carbocycles. The fraction of sp³-hybridized carbons (Fsp3) is 0.500. The SMILES string of the molecule is Cc1cnc(NN)nc1OCCCO. The summed E-state index contributed by atoms with van der Waals surface area (Å²) in [6.07, 6.45) is 2.20. The van der Waals surface area contributed by atoms with E-state index in [-0.39, 0.29) is 6.61 Å². The average molecular weight is 198 g/mol. The van der Waals surface area contributed by atoms with Crippen LogP contribution in [-0.2, 0) is 0 Å². The molecule has 0 aromatic carbocycles. The second-order valence-electron chi connectivity index (χ2n) is 2.75. The number of anilines is 1. The van der Waals surface area contributed by atoms with Crippen molar-refractivity contribution < 1.29 is 9.84 Å². The molecule has 1 aromatic heterocycles. The first kappa shape index (κ1) is 10.7. The molecule has 0 fully saturated rings. The van der Waals surface area contributed by atoms with Gasteiger partial charge in [-0.3, -0.25) is 5.43 Å². The topological polar surface area (TPSA) is 93.3 Å². The van der Waals surface area contributed by atoms with Crippen molar-refractivity contribution in [3.05, 3.63) is 11.8 Å². The maximum Gasteiger partial charge on any atom is 0.240 e. The summed E-state index contributed by atoms with van der Waals surface area (Å²) in [5.41, 5.74) is 3.17. The van der Waals surface area contributed by atoms with Crippen molar-refractivity contribution in [3.8, 4) is 5.88 Å². The number of hydrogen-bond donors (Lipinski definition) is 3. The molecule has 0 saturated heterocycles. The number of nitrogens with one attached hydrogen (secondary N) is 1. The molecule has 6 heteroatoms. The Balaban J connectivity index is 2.64. The highest BCUT2D eigenvalue weighted by Gasteiger charge is 2.03. The van der Waals surface area contributed by atoms with Gasteiger partial charge in [0.05, 0.1) is 6.61 Å². The summed E-state index contributed by atoms with van der Waals surface area (Å²) < 4.78 is 5.31. The van der Waals surface area contributed by atoms with Gasteiger partial charge in [0, 0.05) is 24.8 Å². The van der Waals surface area contributed by atoms with E-state index in [0.717, 1.165) is 5.56 Å². The Morgan fingerprint density at radius 1 is 1.64 bits per heavy atom. The Hall–Kier alpha value is -1.40. The highest BCUT2D eigenvalue weighted by molar-refractivity contribution is 5.31. The second-order valence-corrected chi connectivity index (χ2v) is 2.75. The van der Waals surface area contributed by atoms with E-state index in [0.29, 0.717) is 24.9 Å². The van der Waals surface area contributed by atoms with Crippen LogP contribution in [0.3, 0.4) is 0 Å². The first-order chi connectivity index (χ1) is 6.77. The third-order valence-corrected chi connectivity index (χ3v) is 1.60. The third kappa shape index (κ3) is 2.82. The van der Waals surface area contributed by atoms with E-state index >= 15 is 0 Å². The van der Waals surface area contributed by atoms with Crippen LogP contribution in [0.1, 0.15) is 12.0 Å². The molecule has 0 aliphatic carbocycles. The van der Waals surface area contributed by atoms with Gasteiger partial charge in [0.15, 0.2) is 0 Å². The largest absolute Gasteiger partial charge is 0.477 e. The number of rotatable bonds is 5. The molecule has 0 atom stereocenters. The fourth-order valence-electron chi connectivity index (χ4n) is 0.875. The van der Waals surface area contributed by atoms with E-state index in [2.05, 4.69) is 15.4 Å². The molecule has 0 radical (unpaired) electrons. The van der Waals surface area contributed by atoms with Crippen LogP contribution < -0.4 is 16.0 Å². The van der Waals surface area contributed by atoms with Crippen LogP contribution in [0.5, 0.6) is 5.88 Å². The van der Waals surface area contributed by atoms with E-state index in [1.807, 2.05) is 6.92 Å². The van der Waals surface area contributed by atoms with E-state index in [4.69, 9.17) is 15.7 Å². The summed E-state index contributed by atoms with van der Waals surface area (Å²) in [4.78, 5) is 7.92. The molecule has 1 rings (SSSR count). The van der Waals surface area contributed by atoms with E-state index in [9.17, 15) is 0 Å². The fourth-order valence-corrected chi connectivity index (χ4v) is 0.875. The minimum Gasteiger partial charge on any atom is -0.477 e. The number of aryl methyl sites for hydroxylation is 1. The highest BCUT2D eigenvalue weighted by Crippen LogP contribution is 2.14. The summed E-state index contributed by atoms with van der Waals surface area (Å²) in [6.45, 7) is 2.37. The summed E-state index contributed by atoms with van der Waals surface area (Å²) >= 11 is 0. The molecule has 0 unspecified atom stereocenters. The monoisotopic (exact) mass is 198 g/mol. The Morgan fingerprint density at radius 2 is 2.43 bits per heavy atom. The Bertz CT molecular complexity index is 293. The minimum atomic E-state index is 0.103. The number of nitrogens with two attached hydrogens (primary N) is 1. The van der Waals surface area contributed by atoms with Gasteiger partial charge in [-0.05, 0) is 6.92 Å². The zero-order valence-electron chi connectivity index (χ0n) is 8.03. The number of aliphatic hydroxyl groups excluding tert-OH is 1. The van der Waals surface area contributed by atoms with Crippen LogP contribution in [0.25, 0.3) is 0 Å². The number of nitrogen functional groups attached to an aromatic ring is 1. The molecule has 0 spiro atoms. The van der Waals surface area contributed by atoms with Gasteiger partial charge in [0.25, 0.3) is 0 Å². The van der Waals surface area contributed by atoms with Gasteiger partial charge in [-0.2, -0.15) is 4.98 Å². The smallest absolute Gasteiger partial charge is 0.240 e. The summed E-state index contributed by atoms with van der Waals surface area (Å²) in [7, 11) is 0. The maximum atomic E-state index is 8.57. The van der Waals surface area contributed by atoms with Crippen LogP contribution >= 0.6 is 0 Å². The zero-order chi connectivity index (χ0) is 10.4. The molecule has 14 heavy (non-hydrogen) atoms. The predicted molar refractivity (Wildman–Crippen MR) is 51.8 cm³/mol. The molecule has 78 valence electrons. The standard InChI is InChI=1S/C8H14N4O2/c1-6-5-10-8(12-9)11-7(6)14-4-2-3-13/h5,13H,2-4,9H2,1H3,(H,10,11,12). The van der Waals surface area contributed by atoms with Crippen molar-refractivity contribution in [2.45, 2.75) is 13.3 Å². The van der Waals surface area contributed by atoms with E-state index in [1.54, 1.807) is 6.20 Å². The number of aliphatic hydroxyl groups is 1. The van der Waals surface area contributed by atoms with Gasteiger partial charge in [0.1, 0.15) is 0 Å².